The number of fused-ring (bicyclic) bond motifs is 2. The Hall–Kier alpha value is -4.50. The number of hydrogen-bond acceptors (Lipinski definition) is 14. The van der Waals surface area contributed by atoms with Gasteiger partial charge in [0.05, 0.1) is 62.3 Å². The number of nitrogens with zero attached hydrogens (tertiary/aromatic N) is 6. The number of methoxy groups -OCH3 is 1. The number of carbonyl (C=O) groups is 4. The maximum atomic E-state index is 14.5. The van der Waals surface area contributed by atoms with Gasteiger partial charge in [0.25, 0.3) is 11.8 Å². The van der Waals surface area contributed by atoms with Crippen LogP contribution in [0.4, 0.5) is 21.5 Å². The molecule has 5 heterocycles. The largest absolute Gasteiger partial charge is 0.778 e. The predicted octanol–water partition coefficient (Wildman–Crippen LogP) is 6.62. The molecule has 2 unspecified atom stereocenters. The first-order valence-electron chi connectivity index (χ1n) is 23.2. The van der Waals surface area contributed by atoms with E-state index in [1.807, 2.05) is 34.1 Å². The van der Waals surface area contributed by atoms with Crippen LogP contribution in [0.15, 0.2) is 58.1 Å². The van der Waals surface area contributed by atoms with Crippen molar-refractivity contribution in [2.24, 2.45) is 10.4 Å². The van der Waals surface area contributed by atoms with Crippen molar-refractivity contribution in [3.8, 4) is 18.1 Å². The fraction of sp³-hybridized carbons (Fsp3) is 0.510. The third-order valence-corrected chi connectivity index (χ3v) is 12.7. The molecule has 2 aromatic carbocycles. The first-order chi connectivity index (χ1) is 35.1. The van der Waals surface area contributed by atoms with Gasteiger partial charge < -0.3 is 47.6 Å². The molecular weight excluding hydrogens is 1100 g/mol. The maximum Gasteiger partial charge on any atom is 0.317 e. The number of carboxylic acids is 1. The Morgan fingerprint density at radius 3 is 2.31 bits per heavy atom. The van der Waals surface area contributed by atoms with Gasteiger partial charge in [-0.05, 0) is 72.3 Å². The average Bonchev–Trinajstić information content (AvgIpc) is 4.13. The molecule has 0 aliphatic carbocycles. The molecule has 0 radical (unpaired) electrons. The van der Waals surface area contributed by atoms with Crippen LogP contribution in [0.1, 0.15) is 70.4 Å². The second-order valence-corrected chi connectivity index (χ2v) is 24.5. The number of aromatic nitrogens is 2. The summed E-state index contributed by atoms with van der Waals surface area (Å²) in [7, 11) is -2.13. The van der Waals surface area contributed by atoms with Crippen LogP contribution in [0, 0.1) is 23.6 Å². The van der Waals surface area contributed by atoms with Crippen molar-refractivity contribution in [2.75, 3.05) is 80.8 Å². The zero-order chi connectivity index (χ0) is 56.4. The minimum absolute atomic E-state index is 0.0371. The number of benzene rings is 2. The van der Waals surface area contributed by atoms with Crippen molar-refractivity contribution in [2.45, 2.75) is 84.0 Å². The van der Waals surface area contributed by atoms with Crippen molar-refractivity contribution < 1.29 is 61.7 Å². The Bertz CT molecular complexity index is 2690. The molecule has 1 saturated heterocycles. The van der Waals surface area contributed by atoms with E-state index in [0.717, 1.165) is 48.4 Å². The van der Waals surface area contributed by atoms with E-state index in [4.69, 9.17) is 69.9 Å². The molecule has 2 aromatic heterocycles. The molecule has 2 atom stereocenters. The molecule has 19 nitrogen and oxygen atoms in total. The van der Waals surface area contributed by atoms with E-state index in [1.165, 1.54) is 33.5 Å². The summed E-state index contributed by atoms with van der Waals surface area (Å²) in [4.78, 5) is 72.2. The highest BCUT2D eigenvalue weighted by Crippen LogP contribution is 2.39. The van der Waals surface area contributed by atoms with Crippen LogP contribution in [-0.2, 0) is 69.9 Å². The molecule has 3 amide bonds. The summed E-state index contributed by atoms with van der Waals surface area (Å²) in [6.45, 7) is 12.9. The first-order valence-corrected chi connectivity index (χ1v) is 29.5. The number of carbonyl (C=O) groups excluding carboxylic acids is 3. The van der Waals surface area contributed by atoms with Crippen molar-refractivity contribution in [1.29, 1.82) is 0 Å². The number of rotatable bonds is 14. The standard InChI is InChI=1S/C18H17FN4O2S.C14H20ClNO2.C11H13Cl2NO3.C3H8NO5P.C3H9S/c1-4-5-22-13-7-12(11(19)6-14(13)25-9-16(22)24)20-17-23-10-18(2,3)8-15(23)21-26-17;1-4-11-7-6-8-12(5-2)14(11)16(10-18-3)13(17)9-15;1-11(2)14(10(15)9(12)13)6-8(17-11)7-4-3-5-16-7;5-3(6)1-4-2-10(7,8)9;1-4(2)3/h1,6-7H,5,8-10H2,2-3H3;6-8H,4-5,9-10H2,1-3H3;3-5,8-9H,6H2,1-2H3;4H,1-2H2,(H,5,6)(H2,7,8,9);1-3H3/q;;;;+1/p-1/b20-17-;;;;. The molecule has 3 N–H and O–H groups in total. The summed E-state index contributed by atoms with van der Waals surface area (Å²) in [5.74, 6) is 1.92. The molecule has 0 spiro atoms. The lowest BCUT2D eigenvalue weighted by molar-refractivity contribution is -0.193. The molecule has 414 valence electrons. The van der Waals surface area contributed by atoms with Gasteiger partial charge in [-0.15, -0.1) is 18.0 Å². The van der Waals surface area contributed by atoms with Gasteiger partial charge in [-0.25, -0.2) is 9.38 Å². The maximum absolute atomic E-state index is 14.5. The van der Waals surface area contributed by atoms with Crippen molar-refractivity contribution in [3.05, 3.63) is 82.1 Å². The number of furan rings is 1. The van der Waals surface area contributed by atoms with Gasteiger partial charge in [0.2, 0.25) is 10.7 Å². The molecule has 3 aliphatic heterocycles. The Morgan fingerprint density at radius 1 is 1.15 bits per heavy atom. The third-order valence-electron chi connectivity index (χ3n) is 10.7. The predicted molar refractivity (Wildman–Crippen MR) is 290 cm³/mol. The number of amides is 3. The van der Waals surface area contributed by atoms with Gasteiger partial charge in [-0.3, -0.25) is 34.3 Å². The van der Waals surface area contributed by atoms with Crippen LogP contribution in [-0.4, -0.2) is 129 Å². The zero-order valence-corrected chi connectivity index (χ0v) is 48.4. The summed E-state index contributed by atoms with van der Waals surface area (Å²) in [5.41, 5.74) is 3.18. The second kappa shape index (κ2) is 29.9. The SMILES string of the molecule is C#CCN1C(=O)COc2cc(F)c(/N=c3\snc4n3CC(C)(C)C4)cc21.CC1(C)OC(c2ccco2)CN1C(=O)C(Cl)Cl.CCc1cccc(CC)c1N(COC)C(=O)CCl.C[S+](C)C.O=C(O)CNCP(=O)([O-])O. The average molecular weight is 1170 g/mol. The topological polar surface area (TPSA) is 242 Å². The van der Waals surface area contributed by atoms with Crippen LogP contribution >= 0.6 is 53.9 Å². The number of alkyl halides is 3. The van der Waals surface area contributed by atoms with Crippen molar-refractivity contribution in [3.63, 3.8) is 0 Å². The number of anilines is 2. The highest BCUT2D eigenvalue weighted by Gasteiger charge is 2.45. The van der Waals surface area contributed by atoms with E-state index in [0.29, 0.717) is 39.4 Å². The number of aryl methyl sites for hydroxylation is 2. The zero-order valence-electron chi connectivity index (χ0n) is 43.6. The van der Waals surface area contributed by atoms with Crippen LogP contribution in [0.3, 0.4) is 0 Å². The number of halogens is 4. The van der Waals surface area contributed by atoms with Crippen LogP contribution in [0.5, 0.6) is 5.75 Å². The smallest absolute Gasteiger partial charge is 0.317 e. The Morgan fingerprint density at radius 2 is 1.79 bits per heavy atom. The highest BCUT2D eigenvalue weighted by atomic mass is 35.5. The fourth-order valence-electron chi connectivity index (χ4n) is 7.50. The summed E-state index contributed by atoms with van der Waals surface area (Å²) in [6, 6.07) is 12.5. The molecule has 0 bridgehead atoms. The first kappa shape index (κ1) is 64.8. The Kier molecular flexibility index (Phi) is 25.8. The minimum Gasteiger partial charge on any atom is -0.778 e. The Balaban J connectivity index is 0.000000269. The molecular formula is C49H66Cl3FN7O12PS2. The van der Waals surface area contributed by atoms with E-state index in [9.17, 15) is 33.0 Å². The lowest BCUT2D eigenvalue weighted by Gasteiger charge is -2.29. The molecule has 7 rings (SSSR count). The van der Waals surface area contributed by atoms with E-state index in [-0.39, 0.29) is 60.7 Å². The number of nitrogens with one attached hydrogen (secondary N) is 1. The monoisotopic (exact) mass is 1160 g/mol. The van der Waals surface area contributed by atoms with Gasteiger partial charge in [-0.1, -0.05) is 75.0 Å². The van der Waals surface area contributed by atoms with E-state index >= 15 is 0 Å². The normalized spacial score (nSPS) is 16.8. The van der Waals surface area contributed by atoms with Gasteiger partial charge >= 0.3 is 5.97 Å². The summed E-state index contributed by atoms with van der Waals surface area (Å²) in [6.07, 6.45) is 15.1. The minimum atomic E-state index is -4.35. The van der Waals surface area contributed by atoms with Crippen molar-refractivity contribution >= 4 is 106 Å². The number of aliphatic carboxylic acids is 1. The number of hydrogen-bond donors (Lipinski definition) is 3. The second-order valence-electron chi connectivity index (χ2n) is 18.3. The summed E-state index contributed by atoms with van der Waals surface area (Å²) < 4.78 is 52.4. The van der Waals surface area contributed by atoms with Gasteiger partial charge in [-0.2, -0.15) is 4.37 Å². The van der Waals surface area contributed by atoms with E-state index < -0.39 is 42.8 Å². The highest BCUT2D eigenvalue weighted by molar-refractivity contribution is 7.94. The van der Waals surface area contributed by atoms with Gasteiger partial charge in [0, 0.05) is 37.7 Å². The Labute approximate surface area is 459 Å². The molecule has 75 heavy (non-hydrogen) atoms. The van der Waals surface area contributed by atoms with Gasteiger partial charge in [0.15, 0.2) is 17.3 Å². The van der Waals surface area contributed by atoms with Crippen LogP contribution in [0.2, 0.25) is 0 Å². The molecule has 1 fully saturated rings. The van der Waals surface area contributed by atoms with E-state index in [2.05, 4.69) is 61.7 Å². The lowest BCUT2D eigenvalue weighted by Crippen LogP contribution is -2.45. The van der Waals surface area contributed by atoms with Crippen LogP contribution in [0.25, 0.3) is 0 Å². The number of ether oxygens (including phenoxy) is 3. The third kappa shape index (κ3) is 19.8. The quantitative estimate of drug-likeness (QED) is 0.0395. The molecule has 0 saturated carbocycles. The molecule has 4 aromatic rings. The lowest BCUT2D eigenvalue weighted by atomic mass is 9.92. The summed E-state index contributed by atoms with van der Waals surface area (Å²) >= 11 is 18.1. The molecule has 26 heteroatoms. The van der Waals surface area contributed by atoms with Gasteiger partial charge in [0.1, 0.15) is 55.1 Å². The molecule has 3 aliphatic rings. The number of para-hydroxylation sites is 1. The van der Waals surface area contributed by atoms with E-state index in [1.54, 1.807) is 38.2 Å². The number of carboxylic acid groups (broad SMARTS) is 1. The van der Waals surface area contributed by atoms with Crippen LogP contribution < -0.4 is 29.5 Å². The summed E-state index contributed by atoms with van der Waals surface area (Å²) in [5, 5.41) is 9.97. The van der Waals surface area contributed by atoms with Crippen molar-refractivity contribution in [1.82, 2.24) is 19.2 Å². The number of terminal acetylenes is 1. The fourth-order valence-corrected chi connectivity index (χ4v) is 9.04.